The summed E-state index contributed by atoms with van der Waals surface area (Å²) >= 11 is 0. The molecule has 2 atom stereocenters. The van der Waals surface area contributed by atoms with E-state index in [2.05, 4.69) is 20.9 Å². The van der Waals surface area contributed by atoms with Crippen LogP contribution in [0.15, 0.2) is 46.7 Å². The molecule has 0 radical (unpaired) electrons. The van der Waals surface area contributed by atoms with E-state index in [1.165, 1.54) is 0 Å². The molecule has 0 unspecified atom stereocenters. The van der Waals surface area contributed by atoms with Gasteiger partial charge in [0, 0.05) is 31.5 Å². The molecule has 0 fully saturated rings. The van der Waals surface area contributed by atoms with Gasteiger partial charge in [-0.15, -0.1) is 0 Å². The third kappa shape index (κ3) is 12.6. The van der Waals surface area contributed by atoms with Crippen molar-refractivity contribution in [3.05, 3.63) is 47.2 Å². The van der Waals surface area contributed by atoms with Gasteiger partial charge >= 0.3 is 12.1 Å². The molecule has 0 spiro atoms. The quantitative estimate of drug-likeness (QED) is 0.155. The van der Waals surface area contributed by atoms with E-state index in [-0.39, 0.29) is 35.4 Å². The highest BCUT2D eigenvalue weighted by Gasteiger charge is 2.34. The van der Waals surface area contributed by atoms with Crippen LogP contribution in [0.5, 0.6) is 0 Å². The van der Waals surface area contributed by atoms with Crippen molar-refractivity contribution in [2.24, 2.45) is 10.4 Å². The number of aliphatic carboxylic acids is 1. The molecule has 0 saturated carbocycles. The lowest BCUT2D eigenvalue weighted by molar-refractivity contribution is -0.142. The maximum absolute atomic E-state index is 12.9. The van der Waals surface area contributed by atoms with Gasteiger partial charge in [-0.05, 0) is 57.9 Å². The van der Waals surface area contributed by atoms with Gasteiger partial charge in [0.15, 0.2) is 5.78 Å². The number of ether oxygens (including phenoxy) is 1. The number of carboxylic acid groups (broad SMARTS) is 1. The van der Waals surface area contributed by atoms with Crippen molar-refractivity contribution < 1.29 is 38.9 Å². The van der Waals surface area contributed by atoms with E-state index in [0.29, 0.717) is 37.9 Å². The van der Waals surface area contributed by atoms with Gasteiger partial charge in [-0.3, -0.25) is 19.4 Å². The summed E-state index contributed by atoms with van der Waals surface area (Å²) in [5, 5.41) is 27.4. The van der Waals surface area contributed by atoms with Crippen LogP contribution < -0.4 is 16.0 Å². The predicted octanol–water partition coefficient (Wildman–Crippen LogP) is 3.64. The number of carbonyl (C=O) groups is 5. The Kier molecular flexibility index (Phi) is 13.1. The number of alkyl carbamates (subject to hydrolysis) is 1. The highest BCUT2D eigenvalue weighted by atomic mass is 16.6. The van der Waals surface area contributed by atoms with Crippen molar-refractivity contribution in [3.63, 3.8) is 0 Å². The van der Waals surface area contributed by atoms with Crippen LogP contribution in [0.1, 0.15) is 79.2 Å². The molecular weight excluding hydrogens is 568 g/mol. The summed E-state index contributed by atoms with van der Waals surface area (Å²) in [6.45, 7) is 10.4. The number of aliphatic hydroxyl groups excluding tert-OH is 1. The van der Waals surface area contributed by atoms with Gasteiger partial charge in [-0.25, -0.2) is 9.59 Å². The summed E-state index contributed by atoms with van der Waals surface area (Å²) in [7, 11) is 0. The number of benzene rings is 1. The molecule has 12 heteroatoms. The van der Waals surface area contributed by atoms with Crippen LogP contribution in [0.2, 0.25) is 0 Å². The number of amides is 3. The number of unbranched alkanes of at least 4 members (excludes halogenated alkanes) is 1. The molecule has 1 aromatic carbocycles. The van der Waals surface area contributed by atoms with Gasteiger partial charge in [0.1, 0.15) is 23.4 Å². The van der Waals surface area contributed by atoms with Crippen LogP contribution in [0.4, 0.5) is 4.79 Å². The fourth-order valence-electron chi connectivity index (χ4n) is 4.79. The third-order valence-corrected chi connectivity index (χ3v) is 6.81. The first-order valence-corrected chi connectivity index (χ1v) is 14.8. The fourth-order valence-corrected chi connectivity index (χ4v) is 4.79. The number of rotatable bonds is 14. The summed E-state index contributed by atoms with van der Waals surface area (Å²) < 4.78 is 5.27. The summed E-state index contributed by atoms with van der Waals surface area (Å²) in [4.78, 5) is 66.4. The van der Waals surface area contributed by atoms with Crippen molar-refractivity contribution >= 4 is 35.4 Å². The number of Topliss-reactive ketones (excluding diaryl/α,β-unsaturated/α-hetero) is 1. The second-order valence-electron chi connectivity index (χ2n) is 12.8. The van der Waals surface area contributed by atoms with Gasteiger partial charge in [-0.1, -0.05) is 44.2 Å². The topological polar surface area (TPSA) is 183 Å². The number of allylic oxidation sites excluding steroid dienone is 2. The molecule has 0 aliphatic heterocycles. The minimum atomic E-state index is -1.22. The molecule has 5 N–H and O–H groups in total. The van der Waals surface area contributed by atoms with Crippen LogP contribution >= 0.6 is 0 Å². The Labute approximate surface area is 258 Å². The Morgan fingerprint density at radius 3 is 2.27 bits per heavy atom. The zero-order valence-electron chi connectivity index (χ0n) is 26.5. The van der Waals surface area contributed by atoms with Gasteiger partial charge in [0.25, 0.3) is 0 Å². The van der Waals surface area contributed by atoms with Crippen molar-refractivity contribution in [1.29, 1.82) is 0 Å². The third-order valence-electron chi connectivity index (χ3n) is 6.81. The van der Waals surface area contributed by atoms with E-state index in [4.69, 9.17) is 4.74 Å². The number of aliphatic hydroxyl groups is 1. The largest absolute Gasteiger partial charge is 0.511 e. The summed E-state index contributed by atoms with van der Waals surface area (Å²) in [5.74, 6) is -2.65. The molecule has 242 valence electrons. The molecule has 0 bridgehead atoms. The molecule has 0 aromatic heterocycles. The zero-order valence-corrected chi connectivity index (χ0v) is 26.5. The molecule has 1 aromatic rings. The number of ketones is 1. The van der Waals surface area contributed by atoms with Crippen LogP contribution in [0, 0.1) is 5.41 Å². The fraction of sp³-hybridized carbons (Fsp3) is 0.562. The lowest BCUT2D eigenvalue weighted by atomic mass is 9.76. The first-order chi connectivity index (χ1) is 20.5. The van der Waals surface area contributed by atoms with E-state index in [9.17, 15) is 34.2 Å². The zero-order chi connectivity index (χ0) is 33.1. The minimum Gasteiger partial charge on any atom is -0.511 e. The number of nitrogens with one attached hydrogen (secondary N) is 3. The van der Waals surface area contributed by atoms with Crippen molar-refractivity contribution in [2.45, 2.75) is 97.8 Å². The van der Waals surface area contributed by atoms with E-state index in [1.807, 2.05) is 19.9 Å². The Morgan fingerprint density at radius 1 is 1.02 bits per heavy atom. The predicted molar refractivity (Wildman–Crippen MR) is 165 cm³/mol. The first kappa shape index (κ1) is 36.0. The van der Waals surface area contributed by atoms with Crippen molar-refractivity contribution in [2.75, 3.05) is 13.1 Å². The van der Waals surface area contributed by atoms with Gasteiger partial charge in [0.05, 0.1) is 12.1 Å². The second-order valence-corrected chi connectivity index (χ2v) is 12.8. The first-order valence-electron chi connectivity index (χ1n) is 14.8. The molecule has 3 amide bonds. The average Bonchev–Trinajstić information content (AvgIpc) is 2.88. The lowest BCUT2D eigenvalue weighted by Crippen LogP contribution is -2.52. The van der Waals surface area contributed by atoms with Gasteiger partial charge in [-0.2, -0.15) is 0 Å². The molecule has 1 aliphatic rings. The molecule has 0 heterocycles. The van der Waals surface area contributed by atoms with E-state index in [0.717, 1.165) is 5.56 Å². The smallest absolute Gasteiger partial charge is 0.408 e. The highest BCUT2D eigenvalue weighted by molar-refractivity contribution is 6.22. The number of carboxylic acids is 1. The number of hydrogen-bond donors (Lipinski definition) is 5. The number of carbonyl (C=O) groups excluding carboxylic acids is 4. The van der Waals surface area contributed by atoms with Crippen LogP contribution in [0.25, 0.3) is 0 Å². The van der Waals surface area contributed by atoms with Crippen LogP contribution in [0.3, 0.4) is 0 Å². The maximum atomic E-state index is 12.9. The highest BCUT2D eigenvalue weighted by Crippen LogP contribution is 2.36. The Bertz CT molecular complexity index is 1260. The summed E-state index contributed by atoms with van der Waals surface area (Å²) in [5.41, 5.74) is 0.413. The number of hydrogen-bond acceptors (Lipinski definition) is 8. The van der Waals surface area contributed by atoms with Crippen LogP contribution in [-0.2, 0) is 30.3 Å². The summed E-state index contributed by atoms with van der Waals surface area (Å²) in [6, 6.07) is 6.79. The monoisotopic (exact) mass is 614 g/mol. The van der Waals surface area contributed by atoms with Crippen molar-refractivity contribution in [1.82, 2.24) is 16.0 Å². The number of nitrogens with zero attached hydrogens (tertiary/aromatic N) is 1. The summed E-state index contributed by atoms with van der Waals surface area (Å²) in [6.07, 6.45) is 1.14. The van der Waals surface area contributed by atoms with Crippen molar-refractivity contribution in [3.8, 4) is 0 Å². The standard InChI is InChI=1S/C32H46N4O8/c1-20(27-24(37)17-32(5,6)18-25(27)38)33-15-11-10-14-22(29(41)42)35-26(39)19-34-28(40)23(16-21-12-8-7-9-13-21)36-30(43)44-31(2,3)4/h7-9,12-13,22-23,37H,10-11,14-19H2,1-6H3,(H,34,40)(H,35,39)(H,36,43)(H,41,42)/t22-,23-/m0/s1. The minimum absolute atomic E-state index is 0.0419. The SMILES string of the molecule is CC(=NCCCC[C@H](NC(=O)CNC(=O)[C@H](Cc1ccccc1)NC(=O)OC(C)(C)C)C(=O)O)C1=C(O)CC(C)(C)CC1=O. The lowest BCUT2D eigenvalue weighted by Gasteiger charge is -2.29. The Hall–Kier alpha value is -4.22. The molecule has 1 aliphatic carbocycles. The van der Waals surface area contributed by atoms with E-state index >= 15 is 0 Å². The van der Waals surface area contributed by atoms with Crippen LogP contribution in [-0.4, -0.2) is 76.4 Å². The molecule has 44 heavy (non-hydrogen) atoms. The molecule has 2 rings (SSSR count). The normalized spacial score (nSPS) is 16.5. The van der Waals surface area contributed by atoms with E-state index < -0.39 is 48.1 Å². The Balaban J connectivity index is 1.88. The molecule has 12 nitrogen and oxygen atoms in total. The van der Waals surface area contributed by atoms with Gasteiger partial charge < -0.3 is 30.9 Å². The molecule has 0 saturated heterocycles. The van der Waals surface area contributed by atoms with E-state index in [1.54, 1.807) is 52.0 Å². The Morgan fingerprint density at radius 2 is 1.68 bits per heavy atom. The average molecular weight is 615 g/mol. The molecular formula is C32H46N4O8. The van der Waals surface area contributed by atoms with Gasteiger partial charge in [0.2, 0.25) is 11.8 Å². The second kappa shape index (κ2) is 16.0. The maximum Gasteiger partial charge on any atom is 0.408 e. The number of aliphatic imine (C=N–C) groups is 1.